The normalized spacial score (nSPS) is 10.8. The van der Waals surface area contributed by atoms with E-state index in [9.17, 15) is 0 Å². The average molecular weight is 305 g/mol. The van der Waals surface area contributed by atoms with E-state index < -0.39 is 0 Å². The van der Waals surface area contributed by atoms with Crippen molar-refractivity contribution in [3.63, 3.8) is 0 Å². The number of aryl methyl sites for hydroxylation is 1. The zero-order valence-corrected chi connectivity index (χ0v) is 12.3. The van der Waals surface area contributed by atoms with E-state index in [4.69, 9.17) is 21.1 Å². The SMILES string of the molecule is COc1ccc(COc2nc(Cl)nc3c2ncn3C)cc1. The van der Waals surface area contributed by atoms with Gasteiger partial charge in [-0.25, -0.2) is 4.98 Å². The number of imidazole rings is 1. The van der Waals surface area contributed by atoms with Gasteiger partial charge in [-0.15, -0.1) is 0 Å². The molecule has 0 bridgehead atoms. The van der Waals surface area contributed by atoms with E-state index in [0.29, 0.717) is 23.7 Å². The lowest BCUT2D eigenvalue weighted by Gasteiger charge is -2.07. The Labute approximate surface area is 126 Å². The minimum Gasteiger partial charge on any atom is -0.497 e. The number of ether oxygens (including phenoxy) is 2. The first-order chi connectivity index (χ1) is 10.2. The van der Waals surface area contributed by atoms with Gasteiger partial charge in [0.15, 0.2) is 11.2 Å². The maximum atomic E-state index is 5.91. The highest BCUT2D eigenvalue weighted by atomic mass is 35.5. The second-order valence-electron chi connectivity index (χ2n) is 4.46. The lowest BCUT2D eigenvalue weighted by Crippen LogP contribution is -2.00. The molecule has 21 heavy (non-hydrogen) atoms. The topological polar surface area (TPSA) is 62.1 Å². The van der Waals surface area contributed by atoms with Crippen LogP contribution in [0.2, 0.25) is 5.28 Å². The number of hydrogen-bond acceptors (Lipinski definition) is 5. The fourth-order valence-corrected chi connectivity index (χ4v) is 2.09. The van der Waals surface area contributed by atoms with Crippen LogP contribution in [0, 0.1) is 0 Å². The number of fused-ring (bicyclic) bond motifs is 1. The highest BCUT2D eigenvalue weighted by Gasteiger charge is 2.12. The standard InChI is InChI=1S/C14H13ClN4O2/c1-19-8-16-11-12(19)17-14(15)18-13(11)21-7-9-3-5-10(20-2)6-4-9/h3-6,8H,7H2,1-2H3. The Morgan fingerprint density at radius 2 is 1.95 bits per heavy atom. The summed E-state index contributed by atoms with van der Waals surface area (Å²) in [5, 5.41) is 0.135. The predicted octanol–water partition coefficient (Wildman–Crippen LogP) is 2.60. The number of nitrogens with zero attached hydrogens (tertiary/aromatic N) is 4. The summed E-state index contributed by atoms with van der Waals surface area (Å²) in [6.07, 6.45) is 1.65. The summed E-state index contributed by atoms with van der Waals surface area (Å²) in [5.74, 6) is 1.18. The van der Waals surface area contributed by atoms with Crippen LogP contribution in [0.25, 0.3) is 11.2 Å². The third kappa shape index (κ3) is 2.75. The molecular formula is C14H13ClN4O2. The number of rotatable bonds is 4. The molecule has 0 aliphatic carbocycles. The zero-order valence-electron chi connectivity index (χ0n) is 11.6. The Bertz CT molecular complexity index is 770. The molecule has 0 unspecified atom stereocenters. The molecule has 0 amide bonds. The summed E-state index contributed by atoms with van der Waals surface area (Å²) in [6, 6.07) is 7.61. The number of benzene rings is 1. The van der Waals surface area contributed by atoms with Gasteiger partial charge in [0.2, 0.25) is 11.2 Å². The molecule has 2 heterocycles. The van der Waals surface area contributed by atoms with Gasteiger partial charge in [0.25, 0.3) is 0 Å². The number of halogens is 1. The molecule has 0 fully saturated rings. The highest BCUT2D eigenvalue weighted by molar-refractivity contribution is 6.28. The van der Waals surface area contributed by atoms with Crippen molar-refractivity contribution in [3.8, 4) is 11.6 Å². The summed E-state index contributed by atoms with van der Waals surface area (Å²) < 4.78 is 12.6. The lowest BCUT2D eigenvalue weighted by molar-refractivity contribution is 0.297. The van der Waals surface area contributed by atoms with Gasteiger partial charge in [-0.2, -0.15) is 9.97 Å². The average Bonchev–Trinajstić information content (AvgIpc) is 2.87. The van der Waals surface area contributed by atoms with Gasteiger partial charge < -0.3 is 14.0 Å². The summed E-state index contributed by atoms with van der Waals surface area (Å²) in [5.41, 5.74) is 2.23. The Hall–Kier alpha value is -2.34. The van der Waals surface area contributed by atoms with Crippen molar-refractivity contribution >= 4 is 22.8 Å². The van der Waals surface area contributed by atoms with E-state index in [-0.39, 0.29) is 5.28 Å². The van der Waals surface area contributed by atoms with Gasteiger partial charge in [-0.05, 0) is 29.3 Å². The van der Waals surface area contributed by atoms with E-state index in [1.165, 1.54) is 0 Å². The molecule has 108 valence electrons. The highest BCUT2D eigenvalue weighted by Crippen LogP contribution is 2.23. The molecule has 6 nitrogen and oxygen atoms in total. The summed E-state index contributed by atoms with van der Waals surface area (Å²) in [6.45, 7) is 0.364. The molecule has 0 N–H and O–H groups in total. The first-order valence-corrected chi connectivity index (χ1v) is 6.65. The summed E-state index contributed by atoms with van der Waals surface area (Å²) in [4.78, 5) is 12.5. The first-order valence-electron chi connectivity index (χ1n) is 6.27. The van der Waals surface area contributed by atoms with Gasteiger partial charge in [0.1, 0.15) is 12.4 Å². The Balaban J connectivity index is 1.84. The lowest BCUT2D eigenvalue weighted by atomic mass is 10.2. The van der Waals surface area contributed by atoms with Gasteiger partial charge in [0.05, 0.1) is 13.4 Å². The van der Waals surface area contributed by atoms with Gasteiger partial charge in [-0.1, -0.05) is 12.1 Å². The van der Waals surface area contributed by atoms with Gasteiger partial charge >= 0.3 is 0 Å². The molecule has 0 spiro atoms. The van der Waals surface area contributed by atoms with Crippen molar-refractivity contribution < 1.29 is 9.47 Å². The summed E-state index contributed by atoms with van der Waals surface area (Å²) in [7, 11) is 3.47. The zero-order chi connectivity index (χ0) is 14.8. The predicted molar refractivity (Wildman–Crippen MR) is 78.6 cm³/mol. The molecular weight excluding hydrogens is 292 g/mol. The summed E-state index contributed by atoms with van der Waals surface area (Å²) >= 11 is 5.91. The smallest absolute Gasteiger partial charge is 0.247 e. The largest absolute Gasteiger partial charge is 0.497 e. The van der Waals surface area contributed by atoms with E-state index in [1.807, 2.05) is 31.3 Å². The van der Waals surface area contributed by atoms with Crippen LogP contribution in [0.1, 0.15) is 5.56 Å². The van der Waals surface area contributed by atoms with Crippen molar-refractivity contribution in [2.45, 2.75) is 6.61 Å². The third-order valence-corrected chi connectivity index (χ3v) is 3.20. The van der Waals surface area contributed by atoms with Crippen LogP contribution < -0.4 is 9.47 Å². The van der Waals surface area contributed by atoms with Crippen LogP contribution in [-0.2, 0) is 13.7 Å². The van der Waals surface area contributed by atoms with Gasteiger partial charge in [0, 0.05) is 7.05 Å². The third-order valence-electron chi connectivity index (χ3n) is 3.04. The molecule has 7 heteroatoms. The van der Waals surface area contributed by atoms with Gasteiger partial charge in [-0.3, -0.25) is 0 Å². The van der Waals surface area contributed by atoms with Crippen LogP contribution in [0.15, 0.2) is 30.6 Å². The van der Waals surface area contributed by atoms with E-state index >= 15 is 0 Å². The number of aromatic nitrogens is 4. The fraction of sp³-hybridized carbons (Fsp3) is 0.214. The molecule has 0 aliphatic heterocycles. The molecule has 0 saturated heterocycles. The van der Waals surface area contributed by atoms with Crippen LogP contribution in [0.4, 0.5) is 0 Å². The Morgan fingerprint density at radius 3 is 2.67 bits per heavy atom. The number of hydrogen-bond donors (Lipinski definition) is 0. The van der Waals surface area contributed by atoms with Crippen molar-refractivity contribution in [3.05, 3.63) is 41.4 Å². The molecule has 2 aromatic heterocycles. The van der Waals surface area contributed by atoms with E-state index in [1.54, 1.807) is 18.0 Å². The first kappa shape index (κ1) is 13.6. The maximum Gasteiger partial charge on any atom is 0.247 e. The monoisotopic (exact) mass is 304 g/mol. The molecule has 3 aromatic rings. The van der Waals surface area contributed by atoms with Crippen molar-refractivity contribution in [2.75, 3.05) is 7.11 Å². The van der Waals surface area contributed by atoms with Crippen molar-refractivity contribution in [2.24, 2.45) is 7.05 Å². The van der Waals surface area contributed by atoms with Crippen LogP contribution >= 0.6 is 11.6 Å². The minimum absolute atomic E-state index is 0.135. The molecule has 0 aliphatic rings. The quantitative estimate of drug-likeness (QED) is 0.693. The Kier molecular flexibility index (Phi) is 3.62. The Morgan fingerprint density at radius 1 is 1.19 bits per heavy atom. The van der Waals surface area contributed by atoms with Crippen LogP contribution in [-0.4, -0.2) is 26.6 Å². The molecule has 0 atom stereocenters. The molecule has 3 rings (SSSR count). The van der Waals surface area contributed by atoms with E-state index in [0.717, 1.165) is 11.3 Å². The number of methoxy groups -OCH3 is 1. The minimum atomic E-state index is 0.135. The fourth-order valence-electron chi connectivity index (χ4n) is 1.93. The second-order valence-corrected chi connectivity index (χ2v) is 4.80. The molecule has 0 radical (unpaired) electrons. The van der Waals surface area contributed by atoms with Crippen molar-refractivity contribution in [1.29, 1.82) is 0 Å². The van der Waals surface area contributed by atoms with Crippen LogP contribution in [0.3, 0.4) is 0 Å². The maximum absolute atomic E-state index is 5.91. The van der Waals surface area contributed by atoms with E-state index in [2.05, 4.69) is 15.0 Å². The molecule has 1 aromatic carbocycles. The van der Waals surface area contributed by atoms with Crippen molar-refractivity contribution in [1.82, 2.24) is 19.5 Å². The van der Waals surface area contributed by atoms with Crippen LogP contribution in [0.5, 0.6) is 11.6 Å². The second kappa shape index (κ2) is 5.57. The molecule has 0 saturated carbocycles.